The number of amides is 1. The van der Waals surface area contributed by atoms with E-state index in [0.29, 0.717) is 36.8 Å². The number of rotatable bonds is 6. The Kier molecular flexibility index (Phi) is 5.99. The highest BCUT2D eigenvalue weighted by molar-refractivity contribution is 7.92. The molecule has 6 nitrogen and oxygen atoms in total. The monoisotopic (exact) mass is 427 g/mol. The van der Waals surface area contributed by atoms with Crippen LogP contribution in [0.1, 0.15) is 42.1 Å². The van der Waals surface area contributed by atoms with Crippen molar-refractivity contribution >= 4 is 27.3 Å². The van der Waals surface area contributed by atoms with Gasteiger partial charge in [0.05, 0.1) is 11.4 Å². The molecule has 2 aliphatic rings. The second kappa shape index (κ2) is 8.68. The van der Waals surface area contributed by atoms with E-state index in [1.807, 2.05) is 0 Å². The maximum Gasteiger partial charge on any atom is 0.251 e. The van der Waals surface area contributed by atoms with Gasteiger partial charge in [-0.25, -0.2) is 8.42 Å². The van der Waals surface area contributed by atoms with Gasteiger partial charge in [-0.3, -0.25) is 9.10 Å². The van der Waals surface area contributed by atoms with Gasteiger partial charge < -0.3 is 10.2 Å². The predicted octanol–water partition coefficient (Wildman–Crippen LogP) is 3.19. The van der Waals surface area contributed by atoms with Gasteiger partial charge in [-0.2, -0.15) is 0 Å². The Labute approximate surface area is 178 Å². The summed E-state index contributed by atoms with van der Waals surface area (Å²) in [5.41, 5.74) is 3.88. The van der Waals surface area contributed by atoms with Gasteiger partial charge >= 0.3 is 0 Å². The van der Waals surface area contributed by atoms with Gasteiger partial charge in [-0.05, 0) is 68.5 Å². The van der Waals surface area contributed by atoms with E-state index in [1.54, 1.807) is 24.3 Å². The van der Waals surface area contributed by atoms with E-state index in [0.717, 1.165) is 25.8 Å². The summed E-state index contributed by atoms with van der Waals surface area (Å²) in [6.07, 6.45) is 3.51. The summed E-state index contributed by atoms with van der Waals surface area (Å²) in [7, 11) is -3.23. The first-order valence-corrected chi connectivity index (χ1v) is 12.3. The van der Waals surface area contributed by atoms with E-state index in [1.165, 1.54) is 15.6 Å². The Bertz CT molecular complexity index is 1000. The van der Waals surface area contributed by atoms with Crippen LogP contribution in [0.5, 0.6) is 0 Å². The van der Waals surface area contributed by atoms with Crippen molar-refractivity contribution in [3.8, 4) is 0 Å². The third-order valence-electron chi connectivity index (χ3n) is 5.98. The van der Waals surface area contributed by atoms with Gasteiger partial charge in [-0.1, -0.05) is 18.2 Å². The summed E-state index contributed by atoms with van der Waals surface area (Å²) in [4.78, 5) is 14.9. The molecule has 7 heteroatoms. The van der Waals surface area contributed by atoms with Gasteiger partial charge in [0.2, 0.25) is 10.0 Å². The molecule has 0 spiro atoms. The van der Waals surface area contributed by atoms with Gasteiger partial charge in [0, 0.05) is 36.9 Å². The average Bonchev–Trinajstić information content (AvgIpc) is 3.06. The van der Waals surface area contributed by atoms with Crippen molar-refractivity contribution in [2.45, 2.75) is 38.6 Å². The minimum Gasteiger partial charge on any atom is -0.368 e. The molecule has 0 saturated carbocycles. The Balaban J connectivity index is 1.29. The van der Waals surface area contributed by atoms with E-state index >= 15 is 0 Å². The highest BCUT2D eigenvalue weighted by Gasteiger charge is 2.26. The third-order valence-corrected chi connectivity index (χ3v) is 7.85. The van der Waals surface area contributed by atoms with Crippen LogP contribution in [0.3, 0.4) is 0 Å². The number of nitrogens with zero attached hydrogens (tertiary/aromatic N) is 2. The van der Waals surface area contributed by atoms with Crippen LogP contribution in [0.4, 0.5) is 11.4 Å². The van der Waals surface area contributed by atoms with Crippen molar-refractivity contribution in [3.05, 3.63) is 59.7 Å². The lowest BCUT2D eigenvalue weighted by molar-refractivity contribution is 0.0953. The van der Waals surface area contributed by atoms with Crippen molar-refractivity contribution in [1.29, 1.82) is 0 Å². The zero-order chi connectivity index (χ0) is 21.1. The number of hydrogen-bond donors (Lipinski definition) is 1. The van der Waals surface area contributed by atoms with E-state index in [-0.39, 0.29) is 11.7 Å². The van der Waals surface area contributed by atoms with Crippen LogP contribution >= 0.6 is 0 Å². The van der Waals surface area contributed by atoms with Crippen molar-refractivity contribution in [2.75, 3.05) is 34.6 Å². The van der Waals surface area contributed by atoms with Gasteiger partial charge in [0.15, 0.2) is 0 Å². The molecule has 2 aromatic rings. The smallest absolute Gasteiger partial charge is 0.251 e. The van der Waals surface area contributed by atoms with E-state index in [2.05, 4.69) is 41.4 Å². The van der Waals surface area contributed by atoms with Crippen molar-refractivity contribution in [2.24, 2.45) is 0 Å². The SMILES string of the molecule is CC1Cc2ccccc2N1CCCNC(=O)c1ccc(N2CCCCS2(=O)=O)cc1. The first-order valence-electron chi connectivity index (χ1n) is 10.7. The van der Waals surface area contributed by atoms with Crippen LogP contribution in [0.25, 0.3) is 0 Å². The Morgan fingerprint density at radius 3 is 2.63 bits per heavy atom. The summed E-state index contributed by atoms with van der Waals surface area (Å²) in [5.74, 6) is 0.0629. The fraction of sp³-hybridized carbons (Fsp3) is 0.435. The van der Waals surface area contributed by atoms with Crippen LogP contribution in [-0.4, -0.2) is 45.8 Å². The molecule has 0 bridgehead atoms. The third kappa shape index (κ3) is 4.31. The number of benzene rings is 2. The number of anilines is 2. The Morgan fingerprint density at radius 2 is 1.87 bits per heavy atom. The van der Waals surface area contributed by atoms with E-state index in [4.69, 9.17) is 0 Å². The molecule has 2 aromatic carbocycles. The standard InChI is InChI=1S/C23H29N3O3S/c1-18-17-20-7-2-3-8-22(20)25(18)14-6-13-24-23(27)19-9-11-21(12-10-19)26-15-4-5-16-30(26,28)29/h2-3,7-12,18H,4-6,13-17H2,1H3,(H,24,27). The normalized spacial score (nSPS) is 20.1. The molecule has 2 heterocycles. The molecule has 1 fully saturated rings. The lowest BCUT2D eigenvalue weighted by atomic mass is 10.1. The summed E-state index contributed by atoms with van der Waals surface area (Å²) < 4.78 is 25.9. The number of fused-ring (bicyclic) bond motifs is 1. The van der Waals surface area contributed by atoms with Gasteiger partial charge in [-0.15, -0.1) is 0 Å². The lowest BCUT2D eigenvalue weighted by Gasteiger charge is -2.28. The summed E-state index contributed by atoms with van der Waals surface area (Å²) in [6.45, 7) is 4.26. The van der Waals surface area contributed by atoms with Gasteiger partial charge in [0.1, 0.15) is 0 Å². The predicted molar refractivity (Wildman–Crippen MR) is 121 cm³/mol. The molecule has 4 rings (SSSR count). The second-order valence-corrected chi connectivity index (χ2v) is 10.1. The number of para-hydroxylation sites is 1. The fourth-order valence-electron chi connectivity index (χ4n) is 4.38. The van der Waals surface area contributed by atoms with Crippen molar-refractivity contribution in [3.63, 3.8) is 0 Å². The number of sulfonamides is 1. The minimum absolute atomic E-state index is 0.127. The second-order valence-electron chi connectivity index (χ2n) is 8.13. The van der Waals surface area contributed by atoms with E-state index < -0.39 is 10.0 Å². The minimum atomic E-state index is -3.23. The number of carbonyl (C=O) groups is 1. The first kappa shape index (κ1) is 20.7. The van der Waals surface area contributed by atoms with Crippen LogP contribution < -0.4 is 14.5 Å². The zero-order valence-electron chi connectivity index (χ0n) is 17.4. The van der Waals surface area contributed by atoms with Crippen LogP contribution in [0, 0.1) is 0 Å². The molecule has 1 unspecified atom stereocenters. The summed E-state index contributed by atoms with van der Waals surface area (Å²) >= 11 is 0. The van der Waals surface area contributed by atoms with Crippen LogP contribution in [0.2, 0.25) is 0 Å². The molecule has 1 amide bonds. The van der Waals surface area contributed by atoms with Crippen LogP contribution in [-0.2, 0) is 16.4 Å². The Hall–Kier alpha value is -2.54. The molecule has 30 heavy (non-hydrogen) atoms. The van der Waals surface area contributed by atoms with Crippen LogP contribution in [0.15, 0.2) is 48.5 Å². The number of hydrogen-bond acceptors (Lipinski definition) is 4. The fourth-order valence-corrected chi connectivity index (χ4v) is 6.02. The molecular weight excluding hydrogens is 398 g/mol. The van der Waals surface area contributed by atoms with Gasteiger partial charge in [0.25, 0.3) is 5.91 Å². The molecule has 1 atom stereocenters. The quantitative estimate of drug-likeness (QED) is 0.719. The highest BCUT2D eigenvalue weighted by Crippen LogP contribution is 2.31. The lowest BCUT2D eigenvalue weighted by Crippen LogP contribution is -2.37. The largest absolute Gasteiger partial charge is 0.368 e. The summed E-state index contributed by atoms with van der Waals surface area (Å²) in [6, 6.07) is 15.8. The molecule has 0 aromatic heterocycles. The topological polar surface area (TPSA) is 69.7 Å². The summed E-state index contributed by atoms with van der Waals surface area (Å²) in [5, 5.41) is 2.98. The molecule has 1 saturated heterocycles. The molecule has 2 aliphatic heterocycles. The molecule has 1 N–H and O–H groups in total. The molecule has 0 radical (unpaired) electrons. The highest BCUT2D eigenvalue weighted by atomic mass is 32.2. The first-order chi connectivity index (χ1) is 14.5. The average molecular weight is 428 g/mol. The number of carbonyl (C=O) groups excluding carboxylic acids is 1. The number of nitrogens with one attached hydrogen (secondary N) is 1. The van der Waals surface area contributed by atoms with E-state index in [9.17, 15) is 13.2 Å². The van der Waals surface area contributed by atoms with Crippen molar-refractivity contribution < 1.29 is 13.2 Å². The van der Waals surface area contributed by atoms with Crippen molar-refractivity contribution in [1.82, 2.24) is 5.32 Å². The molecular formula is C23H29N3O3S. The molecule has 0 aliphatic carbocycles. The zero-order valence-corrected chi connectivity index (χ0v) is 18.2. The molecule has 160 valence electrons. The maximum absolute atomic E-state index is 12.5. The Morgan fingerprint density at radius 1 is 1.10 bits per heavy atom. The maximum atomic E-state index is 12.5.